The van der Waals surface area contributed by atoms with E-state index >= 15 is 0 Å². The lowest BCUT2D eigenvalue weighted by molar-refractivity contribution is 0.1000. The molecule has 1 aromatic heterocycles. The van der Waals surface area contributed by atoms with Crippen LogP contribution in [0.25, 0.3) is 0 Å². The minimum atomic E-state index is -3.87. The van der Waals surface area contributed by atoms with Gasteiger partial charge in [-0.3, -0.25) is 9.59 Å². The molecule has 0 spiro atoms. The fraction of sp³-hybridized carbons (Fsp3) is 0.0909. The van der Waals surface area contributed by atoms with Crippen molar-refractivity contribution in [2.45, 2.75) is 11.4 Å². The number of rotatable bonds is 5. The first-order valence-electron chi connectivity index (χ1n) is 5.65. The number of carbonyl (C=O) groups excluding carboxylic acids is 1. The van der Waals surface area contributed by atoms with E-state index < -0.39 is 15.9 Å². The Morgan fingerprint density at radius 2 is 2.10 bits per heavy atom. The Morgan fingerprint density at radius 3 is 2.62 bits per heavy atom. The van der Waals surface area contributed by atoms with E-state index in [2.05, 4.69) is 9.71 Å². The number of H-pyrrole nitrogens is 1. The molecule has 0 radical (unpaired) electrons. The van der Waals surface area contributed by atoms with E-state index in [1.807, 2.05) is 0 Å². The first kappa shape index (κ1) is 15.2. The molecular weight excluding hydrogens is 316 g/mol. The number of anilines is 1. The van der Waals surface area contributed by atoms with E-state index in [9.17, 15) is 18.0 Å². The van der Waals surface area contributed by atoms with E-state index in [-0.39, 0.29) is 27.6 Å². The number of aromatic amines is 1. The summed E-state index contributed by atoms with van der Waals surface area (Å²) in [6.45, 7) is -0.0713. The zero-order valence-electron chi connectivity index (χ0n) is 10.6. The van der Waals surface area contributed by atoms with Crippen LogP contribution in [0.3, 0.4) is 0 Å². The molecule has 0 atom stereocenters. The SMILES string of the molecule is NC(=O)c1ccc(S(=O)(=O)NCc2csc(=O)[nH]2)c(N)c1. The van der Waals surface area contributed by atoms with Gasteiger partial charge in [0.05, 0.1) is 12.2 Å². The average Bonchev–Trinajstić information content (AvgIpc) is 2.82. The number of hydrogen-bond donors (Lipinski definition) is 4. The number of thiazole rings is 1. The third kappa shape index (κ3) is 3.48. The predicted molar refractivity (Wildman–Crippen MR) is 78.3 cm³/mol. The van der Waals surface area contributed by atoms with Gasteiger partial charge in [0.2, 0.25) is 15.9 Å². The van der Waals surface area contributed by atoms with Gasteiger partial charge in [0.1, 0.15) is 4.90 Å². The van der Waals surface area contributed by atoms with Gasteiger partial charge in [0.25, 0.3) is 0 Å². The Kier molecular flexibility index (Phi) is 4.11. The van der Waals surface area contributed by atoms with Crippen molar-refractivity contribution >= 4 is 33.0 Å². The van der Waals surface area contributed by atoms with Crippen molar-refractivity contribution in [1.82, 2.24) is 9.71 Å². The zero-order valence-corrected chi connectivity index (χ0v) is 12.3. The van der Waals surface area contributed by atoms with Crippen LogP contribution in [0.15, 0.2) is 33.3 Å². The Balaban J connectivity index is 2.23. The fourth-order valence-corrected chi connectivity index (χ4v) is 3.30. The third-order valence-corrected chi connectivity index (χ3v) is 4.80. The molecule has 0 saturated heterocycles. The summed E-state index contributed by atoms with van der Waals surface area (Å²) in [5, 5.41) is 1.52. The Morgan fingerprint density at radius 1 is 1.38 bits per heavy atom. The normalized spacial score (nSPS) is 11.4. The van der Waals surface area contributed by atoms with Crippen molar-refractivity contribution in [3.05, 3.63) is 44.5 Å². The molecule has 112 valence electrons. The standard InChI is InChI=1S/C11H12N4O4S2/c12-8-3-6(10(13)16)1-2-9(8)21(18,19)14-4-7-5-20-11(17)15-7/h1-3,5,14H,4,12H2,(H2,13,16)(H,15,17). The van der Waals surface area contributed by atoms with Crippen LogP contribution in [-0.4, -0.2) is 19.3 Å². The summed E-state index contributed by atoms with van der Waals surface area (Å²) in [5.41, 5.74) is 11.2. The highest BCUT2D eigenvalue weighted by Gasteiger charge is 2.18. The molecule has 21 heavy (non-hydrogen) atoms. The molecule has 10 heteroatoms. The Bertz CT molecular complexity index is 838. The molecule has 0 bridgehead atoms. The van der Waals surface area contributed by atoms with Crippen LogP contribution >= 0.6 is 11.3 Å². The van der Waals surface area contributed by atoms with Gasteiger partial charge in [-0.1, -0.05) is 11.3 Å². The van der Waals surface area contributed by atoms with Crippen LogP contribution in [0.5, 0.6) is 0 Å². The minimum Gasteiger partial charge on any atom is -0.398 e. The first-order valence-corrected chi connectivity index (χ1v) is 8.01. The third-order valence-electron chi connectivity index (χ3n) is 2.61. The fourth-order valence-electron chi connectivity index (χ4n) is 1.60. The molecule has 0 saturated carbocycles. The van der Waals surface area contributed by atoms with Crippen LogP contribution in [0.1, 0.15) is 16.1 Å². The van der Waals surface area contributed by atoms with Crippen LogP contribution in [0.2, 0.25) is 0 Å². The quantitative estimate of drug-likeness (QED) is 0.551. The summed E-state index contributed by atoms with van der Waals surface area (Å²) in [6.07, 6.45) is 0. The number of amides is 1. The monoisotopic (exact) mass is 328 g/mol. The summed E-state index contributed by atoms with van der Waals surface area (Å²) in [7, 11) is -3.87. The number of benzene rings is 1. The van der Waals surface area contributed by atoms with Crippen LogP contribution in [0.4, 0.5) is 5.69 Å². The second-order valence-corrected chi connectivity index (χ2v) is 6.69. The molecule has 0 fully saturated rings. The minimum absolute atomic E-state index is 0.0713. The lowest BCUT2D eigenvalue weighted by Crippen LogP contribution is -2.25. The lowest BCUT2D eigenvalue weighted by Gasteiger charge is -2.09. The highest BCUT2D eigenvalue weighted by atomic mass is 32.2. The molecule has 0 aliphatic heterocycles. The Hall–Kier alpha value is -2.17. The summed E-state index contributed by atoms with van der Waals surface area (Å²) >= 11 is 0.937. The highest BCUT2D eigenvalue weighted by molar-refractivity contribution is 7.89. The number of aromatic nitrogens is 1. The van der Waals surface area contributed by atoms with Crippen molar-refractivity contribution in [2.75, 3.05) is 5.73 Å². The molecule has 1 amide bonds. The first-order chi connectivity index (χ1) is 9.79. The smallest absolute Gasteiger partial charge is 0.304 e. The maximum absolute atomic E-state index is 12.1. The van der Waals surface area contributed by atoms with Crippen LogP contribution < -0.4 is 21.1 Å². The van der Waals surface area contributed by atoms with E-state index in [0.29, 0.717) is 5.69 Å². The molecular formula is C11H12N4O4S2. The van der Waals surface area contributed by atoms with Crippen molar-refractivity contribution in [3.63, 3.8) is 0 Å². The van der Waals surface area contributed by atoms with Gasteiger partial charge in [-0.2, -0.15) is 0 Å². The van der Waals surface area contributed by atoms with Gasteiger partial charge in [-0.05, 0) is 18.2 Å². The van der Waals surface area contributed by atoms with Crippen molar-refractivity contribution in [1.29, 1.82) is 0 Å². The molecule has 1 heterocycles. The molecule has 0 unspecified atom stereocenters. The number of carbonyl (C=O) groups is 1. The van der Waals surface area contributed by atoms with Gasteiger partial charge < -0.3 is 16.5 Å². The number of nitrogens with two attached hydrogens (primary N) is 2. The summed E-state index contributed by atoms with van der Waals surface area (Å²) in [5.74, 6) is -0.700. The van der Waals surface area contributed by atoms with E-state index in [4.69, 9.17) is 11.5 Å². The van der Waals surface area contributed by atoms with Gasteiger partial charge >= 0.3 is 4.87 Å². The largest absolute Gasteiger partial charge is 0.398 e. The van der Waals surface area contributed by atoms with Gasteiger partial charge in [0, 0.05) is 16.6 Å². The molecule has 8 nitrogen and oxygen atoms in total. The van der Waals surface area contributed by atoms with Gasteiger partial charge in [-0.25, -0.2) is 13.1 Å². The second-order valence-electron chi connectivity index (χ2n) is 4.11. The van der Waals surface area contributed by atoms with Crippen molar-refractivity contribution < 1.29 is 13.2 Å². The van der Waals surface area contributed by atoms with E-state index in [0.717, 1.165) is 11.3 Å². The summed E-state index contributed by atoms with van der Waals surface area (Å²) in [4.78, 5) is 24.0. The molecule has 1 aromatic carbocycles. The number of primary amides is 1. The number of nitrogen functional groups attached to an aromatic ring is 1. The molecule has 0 aliphatic carbocycles. The van der Waals surface area contributed by atoms with Crippen LogP contribution in [-0.2, 0) is 16.6 Å². The molecule has 2 aromatic rings. The van der Waals surface area contributed by atoms with Gasteiger partial charge in [0.15, 0.2) is 0 Å². The highest BCUT2D eigenvalue weighted by Crippen LogP contribution is 2.19. The number of hydrogen-bond acceptors (Lipinski definition) is 6. The summed E-state index contributed by atoms with van der Waals surface area (Å²) < 4.78 is 26.5. The van der Waals surface area contributed by atoms with Gasteiger partial charge in [-0.15, -0.1) is 0 Å². The molecule has 0 aliphatic rings. The van der Waals surface area contributed by atoms with E-state index in [1.165, 1.54) is 23.6 Å². The summed E-state index contributed by atoms with van der Waals surface area (Å²) in [6, 6.07) is 3.68. The lowest BCUT2D eigenvalue weighted by atomic mass is 10.2. The number of nitrogens with one attached hydrogen (secondary N) is 2. The average molecular weight is 328 g/mol. The Labute approximate surface area is 123 Å². The molecule has 6 N–H and O–H groups in total. The maximum atomic E-state index is 12.1. The molecule has 2 rings (SSSR count). The zero-order chi connectivity index (χ0) is 15.6. The predicted octanol–water partition coefficient (Wildman–Crippen LogP) is -0.404. The number of sulfonamides is 1. The van der Waals surface area contributed by atoms with Crippen molar-refractivity contribution in [3.8, 4) is 0 Å². The maximum Gasteiger partial charge on any atom is 0.304 e. The van der Waals surface area contributed by atoms with Crippen LogP contribution in [0, 0.1) is 0 Å². The topological polar surface area (TPSA) is 148 Å². The van der Waals surface area contributed by atoms with E-state index in [1.54, 1.807) is 0 Å². The van der Waals surface area contributed by atoms with Crippen molar-refractivity contribution in [2.24, 2.45) is 5.73 Å². The second kappa shape index (κ2) is 5.68.